The smallest absolute Gasteiger partial charge is 0.407 e. The van der Waals surface area contributed by atoms with Crippen molar-refractivity contribution in [3.8, 4) is 0 Å². The zero-order valence-electron chi connectivity index (χ0n) is 14.7. The Morgan fingerprint density at radius 2 is 2.15 bits per heavy atom. The molecule has 0 radical (unpaired) electrons. The van der Waals surface area contributed by atoms with Crippen molar-refractivity contribution in [2.75, 3.05) is 19.7 Å². The normalized spacial score (nSPS) is 17.0. The second-order valence-electron chi connectivity index (χ2n) is 6.46. The van der Waals surface area contributed by atoms with Gasteiger partial charge in [0.05, 0.1) is 11.5 Å². The molecule has 1 N–H and O–H groups in total. The third kappa shape index (κ3) is 5.45. The molecule has 1 aromatic heterocycles. The van der Waals surface area contributed by atoms with Crippen LogP contribution in [0.4, 0.5) is 10.5 Å². The minimum atomic E-state index is -0.482. The van der Waals surface area contributed by atoms with E-state index in [1.807, 2.05) is 29.1 Å². The maximum atomic E-state index is 11.9. The Morgan fingerprint density at radius 1 is 1.37 bits per heavy atom. The lowest BCUT2D eigenvalue weighted by Crippen LogP contribution is -2.37. The monoisotopic (exact) mass is 392 g/mol. The number of amides is 1. The van der Waals surface area contributed by atoms with E-state index in [1.54, 1.807) is 12.1 Å². The number of ether oxygens (including phenoxy) is 1. The summed E-state index contributed by atoms with van der Waals surface area (Å²) in [6.45, 7) is 2.96. The summed E-state index contributed by atoms with van der Waals surface area (Å²) in [5, 5.41) is 14.0. The van der Waals surface area contributed by atoms with Gasteiger partial charge in [0.15, 0.2) is 0 Å². The SMILES string of the molecule is O=C(NC1CCN(Cc2ccc(Cl)c([N+](=O)[O-])c2)C1)OCCn1cccc1. The summed E-state index contributed by atoms with van der Waals surface area (Å²) in [5.74, 6) is 0. The van der Waals surface area contributed by atoms with E-state index in [4.69, 9.17) is 16.3 Å². The molecule has 2 heterocycles. The van der Waals surface area contributed by atoms with Gasteiger partial charge in [-0.2, -0.15) is 0 Å². The average molecular weight is 393 g/mol. The van der Waals surface area contributed by atoms with Crippen LogP contribution in [0.2, 0.25) is 5.02 Å². The molecule has 1 fully saturated rings. The van der Waals surface area contributed by atoms with E-state index in [2.05, 4.69) is 10.2 Å². The highest BCUT2D eigenvalue weighted by molar-refractivity contribution is 6.32. The number of nitro benzene ring substituents is 1. The van der Waals surface area contributed by atoms with E-state index in [-0.39, 0.29) is 16.8 Å². The Hall–Kier alpha value is -2.58. The van der Waals surface area contributed by atoms with Crippen molar-refractivity contribution in [2.45, 2.75) is 25.6 Å². The summed E-state index contributed by atoms with van der Waals surface area (Å²) >= 11 is 5.84. The van der Waals surface area contributed by atoms with E-state index in [1.165, 1.54) is 6.07 Å². The van der Waals surface area contributed by atoms with Gasteiger partial charge in [-0.1, -0.05) is 17.7 Å². The molecule has 144 valence electrons. The van der Waals surface area contributed by atoms with E-state index >= 15 is 0 Å². The first-order valence-corrected chi connectivity index (χ1v) is 9.08. The second-order valence-corrected chi connectivity index (χ2v) is 6.87. The van der Waals surface area contributed by atoms with Gasteiger partial charge in [0, 0.05) is 44.1 Å². The highest BCUT2D eigenvalue weighted by Gasteiger charge is 2.25. The molecule has 1 aliphatic rings. The maximum Gasteiger partial charge on any atom is 0.407 e. The molecule has 8 nitrogen and oxygen atoms in total. The zero-order chi connectivity index (χ0) is 19.2. The number of hydrogen-bond donors (Lipinski definition) is 1. The number of nitro groups is 1. The second kappa shape index (κ2) is 8.88. The average Bonchev–Trinajstić information content (AvgIpc) is 3.28. The minimum Gasteiger partial charge on any atom is -0.448 e. The number of carbonyl (C=O) groups excluding carboxylic acids is 1. The molecule has 1 aliphatic heterocycles. The van der Waals surface area contributed by atoms with Crippen LogP contribution in [0.3, 0.4) is 0 Å². The van der Waals surface area contributed by atoms with Gasteiger partial charge in [0.2, 0.25) is 0 Å². The lowest BCUT2D eigenvalue weighted by atomic mass is 10.2. The van der Waals surface area contributed by atoms with Gasteiger partial charge in [0.1, 0.15) is 11.6 Å². The number of benzene rings is 1. The highest BCUT2D eigenvalue weighted by atomic mass is 35.5. The summed E-state index contributed by atoms with van der Waals surface area (Å²) in [6, 6.07) is 8.67. The van der Waals surface area contributed by atoms with Crippen LogP contribution in [-0.4, -0.2) is 46.2 Å². The third-order valence-electron chi connectivity index (χ3n) is 4.46. The van der Waals surface area contributed by atoms with Gasteiger partial charge in [0.25, 0.3) is 5.69 Å². The van der Waals surface area contributed by atoms with Gasteiger partial charge < -0.3 is 14.6 Å². The van der Waals surface area contributed by atoms with E-state index < -0.39 is 11.0 Å². The van der Waals surface area contributed by atoms with Crippen LogP contribution in [0.1, 0.15) is 12.0 Å². The number of rotatable bonds is 7. The van der Waals surface area contributed by atoms with Gasteiger partial charge in [-0.05, 0) is 30.2 Å². The first kappa shape index (κ1) is 19.2. The van der Waals surface area contributed by atoms with Crippen LogP contribution >= 0.6 is 11.6 Å². The van der Waals surface area contributed by atoms with Crippen LogP contribution in [-0.2, 0) is 17.8 Å². The predicted molar refractivity (Wildman–Crippen MR) is 101 cm³/mol. The Labute approximate surface area is 161 Å². The number of nitrogens with one attached hydrogen (secondary N) is 1. The van der Waals surface area contributed by atoms with E-state index in [0.29, 0.717) is 26.2 Å². The van der Waals surface area contributed by atoms with Crippen molar-refractivity contribution in [1.29, 1.82) is 0 Å². The molecular formula is C18H21ClN4O4. The van der Waals surface area contributed by atoms with Crippen molar-refractivity contribution in [1.82, 2.24) is 14.8 Å². The molecule has 0 aliphatic carbocycles. The molecule has 1 atom stereocenters. The largest absolute Gasteiger partial charge is 0.448 e. The summed E-state index contributed by atoms with van der Waals surface area (Å²) in [6.07, 6.45) is 4.22. The van der Waals surface area contributed by atoms with Crippen molar-refractivity contribution < 1.29 is 14.5 Å². The number of likely N-dealkylation sites (tertiary alicyclic amines) is 1. The summed E-state index contributed by atoms with van der Waals surface area (Å²) in [5.41, 5.74) is 0.732. The summed E-state index contributed by atoms with van der Waals surface area (Å²) < 4.78 is 7.15. The van der Waals surface area contributed by atoms with Gasteiger partial charge >= 0.3 is 6.09 Å². The van der Waals surface area contributed by atoms with Gasteiger partial charge in [-0.15, -0.1) is 0 Å². The number of carbonyl (C=O) groups is 1. The fourth-order valence-electron chi connectivity index (χ4n) is 3.12. The van der Waals surface area contributed by atoms with E-state index in [0.717, 1.165) is 18.5 Å². The van der Waals surface area contributed by atoms with Crippen molar-refractivity contribution in [2.24, 2.45) is 0 Å². The van der Waals surface area contributed by atoms with Crippen LogP contribution in [0, 0.1) is 10.1 Å². The van der Waals surface area contributed by atoms with Gasteiger partial charge in [-0.3, -0.25) is 15.0 Å². The summed E-state index contributed by atoms with van der Waals surface area (Å²) in [4.78, 5) is 24.5. The maximum absolute atomic E-state index is 11.9. The number of halogens is 1. The number of aromatic nitrogens is 1. The lowest BCUT2D eigenvalue weighted by molar-refractivity contribution is -0.384. The predicted octanol–water partition coefficient (Wildman–Crippen LogP) is 3.05. The number of alkyl carbamates (subject to hydrolysis) is 1. The van der Waals surface area contributed by atoms with E-state index in [9.17, 15) is 14.9 Å². The quantitative estimate of drug-likeness (QED) is 0.577. The molecule has 3 rings (SSSR count). The fourth-order valence-corrected chi connectivity index (χ4v) is 3.31. The third-order valence-corrected chi connectivity index (χ3v) is 4.78. The number of nitrogens with zero attached hydrogens (tertiary/aromatic N) is 3. The number of hydrogen-bond acceptors (Lipinski definition) is 5. The molecule has 0 bridgehead atoms. The lowest BCUT2D eigenvalue weighted by Gasteiger charge is -2.17. The summed E-state index contributed by atoms with van der Waals surface area (Å²) in [7, 11) is 0. The molecule has 0 spiro atoms. The molecule has 27 heavy (non-hydrogen) atoms. The van der Waals surface area contributed by atoms with Gasteiger partial charge in [-0.25, -0.2) is 4.79 Å². The molecule has 9 heteroatoms. The Kier molecular flexibility index (Phi) is 6.31. The van der Waals surface area contributed by atoms with Crippen LogP contribution in [0.15, 0.2) is 42.7 Å². The van der Waals surface area contributed by atoms with Crippen LogP contribution in [0.25, 0.3) is 0 Å². The van der Waals surface area contributed by atoms with Crippen molar-refractivity contribution >= 4 is 23.4 Å². The van der Waals surface area contributed by atoms with Crippen LogP contribution in [0.5, 0.6) is 0 Å². The Bertz CT molecular complexity index is 797. The molecule has 2 aromatic rings. The molecule has 1 unspecified atom stereocenters. The Balaban J connectivity index is 1.42. The first-order valence-electron chi connectivity index (χ1n) is 8.70. The minimum absolute atomic E-state index is 0.00589. The standard InChI is InChI=1S/C18H21ClN4O4/c19-16-4-3-14(11-17(16)23(25)26)12-22-8-5-15(13-22)20-18(24)27-10-9-21-6-1-2-7-21/h1-4,6-7,11,15H,5,8-10,12-13H2,(H,20,24). The molecule has 1 amide bonds. The molecule has 1 saturated heterocycles. The first-order chi connectivity index (χ1) is 13.0. The molecule has 1 aromatic carbocycles. The van der Waals surface area contributed by atoms with Crippen LogP contribution < -0.4 is 5.32 Å². The fraction of sp³-hybridized carbons (Fsp3) is 0.389. The zero-order valence-corrected chi connectivity index (χ0v) is 15.5. The molecule has 0 saturated carbocycles. The topological polar surface area (TPSA) is 89.6 Å². The highest BCUT2D eigenvalue weighted by Crippen LogP contribution is 2.26. The van der Waals surface area contributed by atoms with Crippen molar-refractivity contribution in [3.63, 3.8) is 0 Å². The Morgan fingerprint density at radius 3 is 2.89 bits per heavy atom. The molecular weight excluding hydrogens is 372 g/mol. The van der Waals surface area contributed by atoms with Crippen molar-refractivity contribution in [3.05, 3.63) is 63.4 Å².